The van der Waals surface area contributed by atoms with E-state index in [4.69, 9.17) is 10.6 Å². The van der Waals surface area contributed by atoms with Gasteiger partial charge in [-0.3, -0.25) is 4.79 Å². The third kappa shape index (κ3) is 2.16. The molecule has 0 aliphatic carbocycles. The van der Waals surface area contributed by atoms with Crippen molar-refractivity contribution in [2.24, 2.45) is 16.3 Å². The van der Waals surface area contributed by atoms with E-state index in [2.05, 4.69) is 5.16 Å². The minimum Gasteiger partial charge on any atom is -0.391 e. The number of primary amides is 1. The summed E-state index contributed by atoms with van der Waals surface area (Å²) in [5.41, 5.74) is 6.78. The van der Waals surface area contributed by atoms with Gasteiger partial charge in [0.15, 0.2) is 0 Å². The van der Waals surface area contributed by atoms with Gasteiger partial charge in [-0.15, -0.1) is 0 Å². The van der Waals surface area contributed by atoms with E-state index in [0.29, 0.717) is 0 Å². The van der Waals surface area contributed by atoms with Gasteiger partial charge < -0.3 is 10.6 Å². The van der Waals surface area contributed by atoms with E-state index < -0.39 is 0 Å². The SMILES string of the molecule is CC1(C)C(c2ccccc2)=NOC1CC(N)=O. The fourth-order valence-corrected chi connectivity index (χ4v) is 2.01. The highest BCUT2D eigenvalue weighted by molar-refractivity contribution is 6.05. The van der Waals surface area contributed by atoms with Gasteiger partial charge in [0.25, 0.3) is 0 Å². The Morgan fingerprint density at radius 2 is 2.06 bits per heavy atom. The van der Waals surface area contributed by atoms with Gasteiger partial charge in [-0.1, -0.05) is 49.3 Å². The summed E-state index contributed by atoms with van der Waals surface area (Å²) in [5, 5.41) is 4.10. The average Bonchev–Trinajstić information content (AvgIpc) is 2.55. The molecule has 1 amide bonds. The van der Waals surface area contributed by atoms with Gasteiger partial charge in [0.05, 0.1) is 17.5 Å². The maximum absolute atomic E-state index is 11.0. The lowest BCUT2D eigenvalue weighted by Crippen LogP contribution is -2.36. The number of nitrogens with zero attached hydrogens (tertiary/aromatic N) is 1. The van der Waals surface area contributed by atoms with Crippen molar-refractivity contribution in [2.75, 3.05) is 0 Å². The van der Waals surface area contributed by atoms with Crippen LogP contribution in [0, 0.1) is 5.41 Å². The maximum atomic E-state index is 11.0. The van der Waals surface area contributed by atoms with Crippen molar-refractivity contribution in [3.8, 4) is 0 Å². The third-order valence-corrected chi connectivity index (χ3v) is 3.12. The Balaban J connectivity index is 2.25. The van der Waals surface area contributed by atoms with Crippen molar-refractivity contribution in [2.45, 2.75) is 26.4 Å². The molecular formula is C13H16N2O2. The van der Waals surface area contributed by atoms with Crippen LogP contribution in [0.3, 0.4) is 0 Å². The summed E-state index contributed by atoms with van der Waals surface area (Å²) in [6, 6.07) is 9.83. The van der Waals surface area contributed by atoms with Crippen molar-refractivity contribution in [1.29, 1.82) is 0 Å². The molecule has 0 bridgehead atoms. The van der Waals surface area contributed by atoms with Gasteiger partial charge in [0, 0.05) is 0 Å². The molecule has 0 spiro atoms. The first kappa shape index (κ1) is 11.6. The summed E-state index contributed by atoms with van der Waals surface area (Å²) in [5.74, 6) is -0.368. The molecule has 0 radical (unpaired) electrons. The van der Waals surface area contributed by atoms with Crippen molar-refractivity contribution in [3.05, 3.63) is 35.9 Å². The van der Waals surface area contributed by atoms with Crippen LogP contribution < -0.4 is 5.73 Å². The first-order valence-corrected chi connectivity index (χ1v) is 5.60. The zero-order valence-electron chi connectivity index (χ0n) is 10.0. The molecule has 1 aromatic rings. The number of hydrogen-bond acceptors (Lipinski definition) is 3. The predicted molar refractivity (Wildman–Crippen MR) is 65.4 cm³/mol. The van der Waals surface area contributed by atoms with E-state index in [9.17, 15) is 4.79 Å². The lowest BCUT2D eigenvalue weighted by Gasteiger charge is -2.24. The van der Waals surface area contributed by atoms with Gasteiger partial charge >= 0.3 is 0 Å². The second-order valence-corrected chi connectivity index (χ2v) is 4.79. The van der Waals surface area contributed by atoms with Crippen LogP contribution in [-0.2, 0) is 9.63 Å². The van der Waals surface area contributed by atoms with E-state index in [1.54, 1.807) is 0 Å². The second-order valence-electron chi connectivity index (χ2n) is 4.79. The van der Waals surface area contributed by atoms with Crippen LogP contribution in [0.25, 0.3) is 0 Å². The van der Waals surface area contributed by atoms with Gasteiger partial charge in [-0.05, 0) is 5.56 Å². The number of carbonyl (C=O) groups is 1. The van der Waals surface area contributed by atoms with Crippen LogP contribution in [-0.4, -0.2) is 17.7 Å². The van der Waals surface area contributed by atoms with E-state index in [0.717, 1.165) is 11.3 Å². The molecule has 17 heavy (non-hydrogen) atoms. The molecule has 0 aromatic heterocycles. The minimum absolute atomic E-state index is 0.187. The van der Waals surface area contributed by atoms with Crippen LogP contribution in [0.1, 0.15) is 25.8 Å². The summed E-state index contributed by atoms with van der Waals surface area (Å²) < 4.78 is 0. The van der Waals surface area contributed by atoms with E-state index in [-0.39, 0.29) is 23.8 Å². The Morgan fingerprint density at radius 3 is 2.65 bits per heavy atom. The van der Waals surface area contributed by atoms with Crippen molar-refractivity contribution >= 4 is 11.6 Å². The molecule has 0 fully saturated rings. The Morgan fingerprint density at radius 1 is 1.41 bits per heavy atom. The van der Waals surface area contributed by atoms with Crippen LogP contribution >= 0.6 is 0 Å². The molecule has 1 aliphatic heterocycles. The summed E-state index contributed by atoms with van der Waals surface area (Å²) in [6.45, 7) is 4.03. The normalized spacial score (nSPS) is 21.8. The van der Waals surface area contributed by atoms with Gasteiger partial charge in [-0.25, -0.2) is 0 Å². The summed E-state index contributed by atoms with van der Waals surface area (Å²) in [6.07, 6.45) is -0.0949. The minimum atomic E-state index is -0.368. The zero-order valence-corrected chi connectivity index (χ0v) is 10.0. The molecule has 4 heteroatoms. The Labute approximate surface area is 100 Å². The largest absolute Gasteiger partial charge is 0.391 e. The molecule has 1 unspecified atom stereocenters. The van der Waals surface area contributed by atoms with Crippen LogP contribution in [0.4, 0.5) is 0 Å². The number of hydrogen-bond donors (Lipinski definition) is 1. The van der Waals surface area contributed by atoms with Crippen LogP contribution in [0.5, 0.6) is 0 Å². The summed E-state index contributed by atoms with van der Waals surface area (Å²) in [7, 11) is 0. The molecule has 1 heterocycles. The van der Waals surface area contributed by atoms with Gasteiger partial charge in [-0.2, -0.15) is 0 Å². The number of nitrogens with two attached hydrogens (primary N) is 1. The predicted octanol–water partition coefficient (Wildman–Crippen LogP) is 1.69. The molecule has 1 aromatic carbocycles. The third-order valence-electron chi connectivity index (χ3n) is 3.12. The smallest absolute Gasteiger partial charge is 0.221 e. The topological polar surface area (TPSA) is 64.7 Å². The van der Waals surface area contributed by atoms with E-state index in [1.165, 1.54) is 0 Å². The monoisotopic (exact) mass is 232 g/mol. The lowest BCUT2D eigenvalue weighted by atomic mass is 9.78. The molecule has 2 N–H and O–H groups in total. The zero-order chi connectivity index (χ0) is 12.5. The number of amides is 1. The van der Waals surface area contributed by atoms with Crippen molar-refractivity contribution in [3.63, 3.8) is 0 Å². The fraction of sp³-hybridized carbons (Fsp3) is 0.385. The average molecular weight is 232 g/mol. The first-order chi connectivity index (χ1) is 8.01. The Hall–Kier alpha value is -1.84. The summed E-state index contributed by atoms with van der Waals surface area (Å²) >= 11 is 0. The maximum Gasteiger partial charge on any atom is 0.221 e. The molecule has 2 rings (SSSR count). The fourth-order valence-electron chi connectivity index (χ4n) is 2.01. The first-order valence-electron chi connectivity index (χ1n) is 5.60. The second kappa shape index (κ2) is 4.20. The highest BCUT2D eigenvalue weighted by atomic mass is 16.6. The lowest BCUT2D eigenvalue weighted by molar-refractivity contribution is -0.121. The van der Waals surface area contributed by atoms with Crippen molar-refractivity contribution in [1.82, 2.24) is 0 Å². The van der Waals surface area contributed by atoms with E-state index >= 15 is 0 Å². The molecule has 0 saturated heterocycles. The molecular weight excluding hydrogens is 216 g/mol. The highest BCUT2D eigenvalue weighted by Crippen LogP contribution is 2.36. The summed E-state index contributed by atoms with van der Waals surface area (Å²) in [4.78, 5) is 16.3. The highest BCUT2D eigenvalue weighted by Gasteiger charge is 2.43. The van der Waals surface area contributed by atoms with Crippen LogP contribution in [0.15, 0.2) is 35.5 Å². The standard InChI is InChI=1S/C13H16N2O2/c1-13(2)10(8-11(14)16)17-15-12(13)9-6-4-3-5-7-9/h3-7,10H,8H2,1-2H3,(H2,14,16). The molecule has 0 saturated carbocycles. The quantitative estimate of drug-likeness (QED) is 0.861. The molecule has 4 nitrogen and oxygen atoms in total. The number of carbonyl (C=O) groups excluding carboxylic acids is 1. The number of oxime groups is 1. The molecule has 1 aliphatic rings. The van der Waals surface area contributed by atoms with E-state index in [1.807, 2.05) is 44.2 Å². The number of rotatable bonds is 3. The molecule has 90 valence electrons. The Bertz CT molecular complexity index is 452. The van der Waals surface area contributed by atoms with Crippen LogP contribution in [0.2, 0.25) is 0 Å². The van der Waals surface area contributed by atoms with Gasteiger partial charge in [0.2, 0.25) is 5.91 Å². The Kier molecular flexibility index (Phi) is 2.88. The molecule has 1 atom stereocenters. The van der Waals surface area contributed by atoms with Crippen molar-refractivity contribution < 1.29 is 9.63 Å². The number of benzene rings is 1. The van der Waals surface area contributed by atoms with Gasteiger partial charge in [0.1, 0.15) is 6.10 Å².